The van der Waals surface area contributed by atoms with Crippen molar-refractivity contribution in [3.8, 4) is 0 Å². The van der Waals surface area contributed by atoms with Crippen molar-refractivity contribution >= 4 is 6.09 Å². The Bertz CT molecular complexity index is 1550. The van der Waals surface area contributed by atoms with Crippen LogP contribution in [0.5, 0.6) is 0 Å². The zero-order chi connectivity index (χ0) is 48.9. The normalized spacial score (nSPS) is 31.7. The molecule has 11 nitrogen and oxygen atoms in total. The van der Waals surface area contributed by atoms with Gasteiger partial charge in [-0.25, -0.2) is 4.79 Å². The number of unbranched alkanes of at least 4 members (excludes halogenated alkanes) is 9. The van der Waals surface area contributed by atoms with Crippen LogP contribution >= 0.6 is 0 Å². The van der Waals surface area contributed by atoms with Gasteiger partial charge in [-0.05, 0) is 113 Å². The first-order chi connectivity index (χ1) is 32.7. The summed E-state index contributed by atoms with van der Waals surface area (Å²) in [6.07, 6.45) is 36.7. The lowest BCUT2D eigenvalue weighted by atomic mass is 9.40. The monoisotopic (exact) mass is 954 g/mol. The Morgan fingerprint density at radius 1 is 0.824 bits per heavy atom. The van der Waals surface area contributed by atoms with E-state index in [-0.39, 0.29) is 40.6 Å². The summed E-state index contributed by atoms with van der Waals surface area (Å²) in [7, 11) is 0. The third kappa shape index (κ3) is 15.1. The fraction of sp³-hybridized carbons (Fsp3) is 0.877. The lowest BCUT2D eigenvalue weighted by Gasteiger charge is -2.68. The number of morpholine rings is 1. The first-order valence-corrected chi connectivity index (χ1v) is 28.1. The number of allylic oxidation sites excluding steroid dienone is 4. The van der Waals surface area contributed by atoms with Gasteiger partial charge >= 0.3 is 6.09 Å². The van der Waals surface area contributed by atoms with E-state index in [1.807, 2.05) is 0 Å². The standard InChI is InChI=1S/C57H103N5O6/c1-7-8-9-10-11-12-13-14-15-16-17-18-19-20-21-22-37-66-45-50(44-62-35-39-65-40-36-62)67-42-41-64-38-34-61-52(63)68-49-27-29-53(5)48(43-49)26-31-56(59)51(53)28-30-54(6)55(58,32-33-57(54,56)60)47(4)25-23-24-46(2)3/h11-12,14-15,26,46-47,49-51H,7-10,13,16-25,27-45,58-60H2,1-6H3,(H,61,63). The minimum Gasteiger partial charge on any atom is -0.446 e. The van der Waals surface area contributed by atoms with Crippen LogP contribution in [0, 0.1) is 28.6 Å². The summed E-state index contributed by atoms with van der Waals surface area (Å²) in [4.78, 5) is 15.4. The summed E-state index contributed by atoms with van der Waals surface area (Å²) in [5.41, 5.74) is 22.7. The molecule has 7 N–H and O–H groups in total. The number of rotatable bonds is 32. The molecular weight excluding hydrogens is 851 g/mol. The number of nitrogens with two attached hydrogens (primary N) is 3. The maximum absolute atomic E-state index is 13.0. The van der Waals surface area contributed by atoms with E-state index in [2.05, 4.69) is 82.1 Å². The van der Waals surface area contributed by atoms with Crippen LogP contribution < -0.4 is 22.5 Å². The van der Waals surface area contributed by atoms with Crippen LogP contribution in [0.25, 0.3) is 0 Å². The lowest BCUT2D eigenvalue weighted by Crippen LogP contribution is -2.81. The maximum atomic E-state index is 13.0. The van der Waals surface area contributed by atoms with Crippen molar-refractivity contribution in [1.29, 1.82) is 0 Å². The highest BCUT2D eigenvalue weighted by Crippen LogP contribution is 2.69. The highest BCUT2D eigenvalue weighted by Gasteiger charge is 2.74. The van der Waals surface area contributed by atoms with E-state index < -0.39 is 11.1 Å². The Kier molecular flexibility index (Phi) is 23.9. The van der Waals surface area contributed by atoms with Crippen LogP contribution in [0.4, 0.5) is 4.79 Å². The summed E-state index contributed by atoms with van der Waals surface area (Å²) in [5, 5.41) is 2.92. The molecule has 0 aromatic heterocycles. The number of carbonyl (C=O) groups is 1. The predicted molar refractivity (Wildman–Crippen MR) is 280 cm³/mol. The Labute approximate surface area is 415 Å². The van der Waals surface area contributed by atoms with Gasteiger partial charge < -0.3 is 46.2 Å². The largest absolute Gasteiger partial charge is 0.446 e. The number of carbonyl (C=O) groups excluding carboxylic acids is 1. The van der Waals surface area contributed by atoms with Gasteiger partial charge in [-0.3, -0.25) is 4.90 Å². The Balaban J connectivity index is 0.944. The quantitative estimate of drug-likeness (QED) is 0.0378. The molecule has 0 aromatic rings. The van der Waals surface area contributed by atoms with Crippen LogP contribution in [0.1, 0.15) is 189 Å². The van der Waals surface area contributed by atoms with Crippen molar-refractivity contribution in [2.24, 2.45) is 45.8 Å². The molecule has 9 atom stereocenters. The first kappa shape index (κ1) is 57.1. The summed E-state index contributed by atoms with van der Waals surface area (Å²) in [6.45, 7) is 21.3. The zero-order valence-electron chi connectivity index (χ0n) is 44.4. The van der Waals surface area contributed by atoms with Crippen molar-refractivity contribution in [3.63, 3.8) is 0 Å². The van der Waals surface area contributed by atoms with Crippen LogP contribution in [-0.2, 0) is 23.7 Å². The maximum Gasteiger partial charge on any atom is 0.407 e. The molecule has 5 aliphatic rings. The number of hydrogen-bond donors (Lipinski definition) is 4. The van der Waals surface area contributed by atoms with Crippen LogP contribution in [0.15, 0.2) is 36.0 Å². The van der Waals surface area contributed by atoms with Gasteiger partial charge in [0.1, 0.15) is 6.10 Å². The number of alkyl carbamates (subject to hydrolysis) is 1. The van der Waals surface area contributed by atoms with Crippen LogP contribution in [-0.4, -0.2) is 112 Å². The van der Waals surface area contributed by atoms with Crippen LogP contribution in [0.2, 0.25) is 0 Å². The van der Waals surface area contributed by atoms with Gasteiger partial charge in [-0.1, -0.05) is 129 Å². The molecular formula is C57H103N5O6. The molecule has 1 aliphatic heterocycles. The second kappa shape index (κ2) is 28.4. The molecule has 4 aliphatic carbocycles. The van der Waals surface area contributed by atoms with Crippen molar-refractivity contribution in [1.82, 2.24) is 10.2 Å². The summed E-state index contributed by atoms with van der Waals surface area (Å²) in [5.74, 6) is 1.38. The molecule has 1 heterocycles. The summed E-state index contributed by atoms with van der Waals surface area (Å²) >= 11 is 0. The average Bonchev–Trinajstić information content (AvgIpc) is 3.54. The van der Waals surface area contributed by atoms with E-state index in [9.17, 15) is 4.79 Å². The molecule has 1 amide bonds. The second-order valence-corrected chi connectivity index (χ2v) is 22.9. The second-order valence-electron chi connectivity index (χ2n) is 22.9. The number of hydrogen-bond acceptors (Lipinski definition) is 10. The lowest BCUT2D eigenvalue weighted by molar-refractivity contribution is -0.0967. The predicted octanol–water partition coefficient (Wildman–Crippen LogP) is 10.9. The van der Waals surface area contributed by atoms with Crippen molar-refractivity contribution in [3.05, 3.63) is 36.0 Å². The molecule has 4 fully saturated rings. The highest BCUT2D eigenvalue weighted by atomic mass is 16.6. The van der Waals surface area contributed by atoms with E-state index in [1.165, 1.54) is 82.6 Å². The molecule has 11 heteroatoms. The number of nitrogens with one attached hydrogen (secondary N) is 1. The summed E-state index contributed by atoms with van der Waals surface area (Å²) in [6, 6.07) is 0. The minimum absolute atomic E-state index is 0.0201. The number of fused-ring (bicyclic) bond motifs is 5. The molecule has 68 heavy (non-hydrogen) atoms. The molecule has 392 valence electrons. The Morgan fingerprint density at radius 3 is 2.28 bits per heavy atom. The molecule has 9 unspecified atom stereocenters. The molecule has 0 spiro atoms. The number of ether oxygens (including phenoxy) is 5. The van der Waals surface area contributed by atoms with E-state index in [1.54, 1.807) is 0 Å². The smallest absolute Gasteiger partial charge is 0.407 e. The van der Waals surface area contributed by atoms with E-state index in [0.717, 1.165) is 110 Å². The SMILES string of the molecule is CCCCCC=CCC=CCCCCCCCCOCC(CN1CCOCC1)OCCOCCNC(=O)OC1CCC2(C)C(=CCC3(N)C2CCC2(C)C(N)(C(C)CCCC(C)C)CCC32N)C1. The van der Waals surface area contributed by atoms with Crippen molar-refractivity contribution in [2.45, 2.75) is 218 Å². The van der Waals surface area contributed by atoms with Crippen LogP contribution in [0.3, 0.4) is 0 Å². The Hall–Kier alpha value is -1.83. The third-order valence-electron chi connectivity index (χ3n) is 18.0. The van der Waals surface area contributed by atoms with Gasteiger partial charge in [0.2, 0.25) is 0 Å². The van der Waals surface area contributed by atoms with Crippen molar-refractivity contribution < 1.29 is 28.5 Å². The number of nitrogens with zero attached hydrogens (tertiary/aromatic N) is 1. The van der Waals surface area contributed by atoms with E-state index >= 15 is 0 Å². The van der Waals surface area contributed by atoms with Gasteiger partial charge in [0.05, 0.1) is 45.7 Å². The molecule has 1 saturated heterocycles. The number of amides is 1. The molecule has 3 saturated carbocycles. The summed E-state index contributed by atoms with van der Waals surface area (Å²) < 4.78 is 29.9. The average molecular weight is 954 g/mol. The zero-order valence-corrected chi connectivity index (χ0v) is 44.4. The Morgan fingerprint density at radius 2 is 1.54 bits per heavy atom. The van der Waals surface area contributed by atoms with Crippen molar-refractivity contribution in [2.75, 3.05) is 72.4 Å². The highest BCUT2D eigenvalue weighted by molar-refractivity contribution is 5.67. The minimum atomic E-state index is -0.530. The molecule has 0 aromatic carbocycles. The fourth-order valence-electron chi connectivity index (χ4n) is 13.4. The topological polar surface area (TPSA) is 157 Å². The molecule has 0 bridgehead atoms. The van der Waals surface area contributed by atoms with Gasteiger partial charge in [-0.2, -0.15) is 0 Å². The fourth-order valence-corrected chi connectivity index (χ4v) is 13.4. The van der Waals surface area contributed by atoms with Gasteiger partial charge in [0.25, 0.3) is 0 Å². The molecule has 5 rings (SSSR count). The third-order valence-corrected chi connectivity index (χ3v) is 18.0. The van der Waals surface area contributed by atoms with E-state index in [0.29, 0.717) is 44.8 Å². The first-order valence-electron chi connectivity index (χ1n) is 28.1. The van der Waals surface area contributed by atoms with Gasteiger partial charge in [0, 0.05) is 61.2 Å². The van der Waals surface area contributed by atoms with Gasteiger partial charge in [-0.15, -0.1) is 0 Å². The van der Waals surface area contributed by atoms with Gasteiger partial charge in [0.15, 0.2) is 0 Å². The van der Waals surface area contributed by atoms with E-state index in [4.69, 9.17) is 40.9 Å². The molecule has 0 radical (unpaired) electrons.